The Labute approximate surface area is 233 Å². The Hall–Kier alpha value is -2.84. The van der Waals surface area contributed by atoms with Crippen LogP contribution in [-0.4, -0.2) is 61.9 Å². The minimum Gasteiger partial charge on any atom is -0.490 e. The van der Waals surface area contributed by atoms with E-state index in [1.807, 2.05) is 30.9 Å². The SMILES string of the molecule is CCC.[B]c1cc2c(=O)c(CN(Cc3ccnc(OC)c3)C(=S)CNCC)c(C)n3c2c(c1[B])OCC3C. The van der Waals surface area contributed by atoms with Gasteiger partial charge in [-0.3, -0.25) is 4.79 Å². The topological polar surface area (TPSA) is 68.6 Å². The number of rotatable bonds is 8. The van der Waals surface area contributed by atoms with Crippen LogP contribution in [0.15, 0.2) is 29.2 Å². The van der Waals surface area contributed by atoms with Gasteiger partial charge in [0.05, 0.1) is 23.7 Å². The predicted octanol–water partition coefficient (Wildman–Crippen LogP) is 2.61. The van der Waals surface area contributed by atoms with E-state index in [0.29, 0.717) is 70.3 Å². The molecule has 3 aromatic rings. The second kappa shape index (κ2) is 13.3. The van der Waals surface area contributed by atoms with E-state index in [0.717, 1.165) is 17.8 Å². The Bertz CT molecular complexity index is 1360. The number of nitrogens with zero attached hydrogens (tertiary/aromatic N) is 3. The van der Waals surface area contributed by atoms with Crippen molar-refractivity contribution in [3.8, 4) is 11.6 Å². The lowest BCUT2D eigenvalue weighted by molar-refractivity contribution is 0.246. The summed E-state index contributed by atoms with van der Waals surface area (Å²) in [6.07, 6.45) is 2.95. The second-order valence-corrected chi connectivity index (χ2v) is 9.94. The van der Waals surface area contributed by atoms with Crippen molar-refractivity contribution in [1.82, 2.24) is 19.8 Å². The maximum absolute atomic E-state index is 13.8. The van der Waals surface area contributed by atoms with E-state index in [1.165, 1.54) is 6.42 Å². The lowest BCUT2D eigenvalue weighted by Gasteiger charge is -2.33. The van der Waals surface area contributed by atoms with Gasteiger partial charge in [0.15, 0.2) is 5.43 Å². The molecule has 7 nitrogen and oxygen atoms in total. The lowest BCUT2D eigenvalue weighted by Crippen LogP contribution is -2.39. The first-order valence-corrected chi connectivity index (χ1v) is 13.4. The molecular formula is C28H36B2N4O3S. The number of benzene rings is 1. The standard InChI is InChI=1S/C25H28B2N4O3S.C3H8/c1-5-28-10-21(35)30(11-16-6-7-29-20(8-16)33-4)12-18-15(3)31-14(2)13-34-25-22(27)19(26)9-17(23(25)31)24(18)32;1-3-2/h6-9,14,28H,5,10-13H2,1-4H3;3H2,1-2H3. The fraction of sp³-hybridized carbons (Fsp3) is 0.464. The molecule has 0 fully saturated rings. The van der Waals surface area contributed by atoms with Gasteiger partial charge in [0, 0.05) is 48.5 Å². The van der Waals surface area contributed by atoms with Crippen molar-refractivity contribution in [2.24, 2.45) is 0 Å². The summed E-state index contributed by atoms with van der Waals surface area (Å²) in [6.45, 7) is 12.9. The van der Waals surface area contributed by atoms with E-state index in [4.69, 9.17) is 37.4 Å². The Kier molecular flexibility index (Phi) is 10.4. The summed E-state index contributed by atoms with van der Waals surface area (Å²) in [4.78, 5) is 20.8. The molecule has 4 rings (SSSR count). The Balaban J connectivity index is 0.00000127. The number of hydrogen-bond donors (Lipinski definition) is 1. The summed E-state index contributed by atoms with van der Waals surface area (Å²) in [5, 5.41) is 3.79. The van der Waals surface area contributed by atoms with E-state index in [9.17, 15) is 4.79 Å². The minimum atomic E-state index is -0.0945. The van der Waals surface area contributed by atoms with Crippen LogP contribution in [0, 0.1) is 6.92 Å². The van der Waals surface area contributed by atoms with Crippen LogP contribution >= 0.6 is 12.2 Å². The first-order valence-electron chi connectivity index (χ1n) is 13.0. The van der Waals surface area contributed by atoms with Gasteiger partial charge < -0.3 is 24.3 Å². The molecule has 0 amide bonds. The van der Waals surface area contributed by atoms with Crippen LogP contribution in [0.1, 0.15) is 57.0 Å². The van der Waals surface area contributed by atoms with Gasteiger partial charge in [0.2, 0.25) is 5.88 Å². The summed E-state index contributed by atoms with van der Waals surface area (Å²) >= 11 is 5.79. The minimum absolute atomic E-state index is 0.0268. The van der Waals surface area contributed by atoms with Gasteiger partial charge in [-0.25, -0.2) is 4.98 Å². The second-order valence-electron chi connectivity index (χ2n) is 9.47. The predicted molar refractivity (Wildman–Crippen MR) is 161 cm³/mol. The normalized spacial score (nSPS) is 13.9. The zero-order chi connectivity index (χ0) is 28.0. The number of nitrogens with one attached hydrogen (secondary N) is 1. The van der Waals surface area contributed by atoms with Crippen molar-refractivity contribution in [3.63, 3.8) is 0 Å². The van der Waals surface area contributed by atoms with Gasteiger partial charge in [-0.1, -0.05) is 56.4 Å². The summed E-state index contributed by atoms with van der Waals surface area (Å²) in [5.74, 6) is 1.01. The van der Waals surface area contributed by atoms with Crippen molar-refractivity contribution in [1.29, 1.82) is 0 Å². The number of thiocarbonyl (C=S) groups is 1. The fourth-order valence-electron chi connectivity index (χ4n) is 4.54. The maximum Gasteiger partial charge on any atom is 0.213 e. The number of likely N-dealkylation sites (N-methyl/N-ethyl adjacent to an activating group) is 1. The third-order valence-corrected chi connectivity index (χ3v) is 6.81. The Morgan fingerprint density at radius 2 is 2.00 bits per heavy atom. The molecule has 10 heteroatoms. The Morgan fingerprint density at radius 1 is 1.29 bits per heavy atom. The molecule has 1 aliphatic rings. The van der Waals surface area contributed by atoms with Crippen LogP contribution in [0.25, 0.3) is 10.9 Å². The van der Waals surface area contributed by atoms with Crippen LogP contribution in [-0.2, 0) is 13.1 Å². The van der Waals surface area contributed by atoms with Gasteiger partial charge in [-0.2, -0.15) is 0 Å². The first-order chi connectivity index (χ1) is 18.2. The molecule has 0 aliphatic carbocycles. The Morgan fingerprint density at radius 3 is 2.66 bits per heavy atom. The molecule has 1 aromatic carbocycles. The van der Waals surface area contributed by atoms with E-state index in [2.05, 4.69) is 35.6 Å². The molecule has 38 heavy (non-hydrogen) atoms. The number of hydrogen-bond acceptors (Lipinski definition) is 6. The third-order valence-electron chi connectivity index (χ3n) is 6.40. The highest BCUT2D eigenvalue weighted by Gasteiger charge is 2.27. The van der Waals surface area contributed by atoms with E-state index in [-0.39, 0.29) is 11.5 Å². The van der Waals surface area contributed by atoms with Crippen LogP contribution in [0.2, 0.25) is 0 Å². The molecule has 1 N–H and O–H groups in total. The van der Waals surface area contributed by atoms with Crippen molar-refractivity contribution in [2.45, 2.75) is 60.2 Å². The molecule has 3 heterocycles. The lowest BCUT2D eigenvalue weighted by atomic mass is 9.78. The van der Waals surface area contributed by atoms with Crippen LogP contribution in [0.3, 0.4) is 0 Å². The van der Waals surface area contributed by atoms with Crippen LogP contribution in [0.5, 0.6) is 11.6 Å². The summed E-state index contributed by atoms with van der Waals surface area (Å²) < 4.78 is 13.3. The highest BCUT2D eigenvalue weighted by Crippen LogP contribution is 2.31. The number of ether oxygens (including phenoxy) is 2. The van der Waals surface area contributed by atoms with Gasteiger partial charge in [0.25, 0.3) is 0 Å². The van der Waals surface area contributed by atoms with Crippen LogP contribution < -0.4 is 31.1 Å². The number of methoxy groups -OCH3 is 1. The van der Waals surface area contributed by atoms with Crippen molar-refractivity contribution in [3.05, 3.63) is 51.4 Å². The van der Waals surface area contributed by atoms with Gasteiger partial charge in [0.1, 0.15) is 28.0 Å². The average molecular weight is 530 g/mol. The molecule has 0 spiro atoms. The van der Waals surface area contributed by atoms with Crippen molar-refractivity contribution < 1.29 is 9.47 Å². The smallest absolute Gasteiger partial charge is 0.213 e. The monoisotopic (exact) mass is 530 g/mol. The summed E-state index contributed by atoms with van der Waals surface area (Å²) in [5.41, 5.74) is 3.82. The largest absolute Gasteiger partial charge is 0.490 e. The average Bonchev–Trinajstić information content (AvgIpc) is 2.90. The molecule has 0 bridgehead atoms. The molecule has 4 radical (unpaired) electrons. The molecule has 1 atom stereocenters. The maximum atomic E-state index is 13.8. The zero-order valence-electron chi connectivity index (χ0n) is 23.3. The van der Waals surface area contributed by atoms with E-state index >= 15 is 0 Å². The van der Waals surface area contributed by atoms with Gasteiger partial charge in [-0.05, 0) is 32.0 Å². The van der Waals surface area contributed by atoms with Crippen LogP contribution in [0.4, 0.5) is 0 Å². The van der Waals surface area contributed by atoms with E-state index in [1.54, 1.807) is 19.4 Å². The number of aromatic nitrogens is 2. The number of pyridine rings is 2. The highest BCUT2D eigenvalue weighted by molar-refractivity contribution is 7.80. The van der Waals surface area contributed by atoms with Crippen molar-refractivity contribution in [2.75, 3.05) is 26.8 Å². The first kappa shape index (κ1) is 29.7. The van der Waals surface area contributed by atoms with Gasteiger partial charge in [-0.15, -0.1) is 0 Å². The summed E-state index contributed by atoms with van der Waals surface area (Å²) in [7, 11) is 13.9. The molecule has 0 saturated heterocycles. The fourth-order valence-corrected chi connectivity index (χ4v) is 4.78. The zero-order valence-corrected chi connectivity index (χ0v) is 24.1. The molecular weight excluding hydrogens is 494 g/mol. The third kappa shape index (κ3) is 6.24. The molecule has 198 valence electrons. The molecule has 1 unspecified atom stereocenters. The molecule has 2 aromatic heterocycles. The van der Waals surface area contributed by atoms with E-state index < -0.39 is 0 Å². The molecule has 0 saturated carbocycles. The highest BCUT2D eigenvalue weighted by atomic mass is 32.1. The van der Waals surface area contributed by atoms with Crippen molar-refractivity contribution >= 4 is 54.7 Å². The molecule has 1 aliphatic heterocycles. The summed E-state index contributed by atoms with van der Waals surface area (Å²) in [6, 6.07) is 5.48. The van der Waals surface area contributed by atoms with Gasteiger partial charge >= 0.3 is 0 Å². The quantitative estimate of drug-likeness (QED) is 0.355.